The first-order valence-corrected chi connectivity index (χ1v) is 13.6. The molecule has 2 aliphatic heterocycles. The number of anilines is 1. The van der Waals surface area contributed by atoms with Gasteiger partial charge in [0.05, 0.1) is 32.7 Å². The Morgan fingerprint density at radius 1 is 1.30 bits per heavy atom. The van der Waals surface area contributed by atoms with Crippen molar-refractivity contribution in [3.8, 4) is 0 Å². The molecule has 1 aromatic rings. The molecule has 0 amide bonds. The Balaban J connectivity index is 0.000000480. The number of ether oxygens (including phenoxy) is 1. The van der Waals surface area contributed by atoms with Crippen LogP contribution in [0.2, 0.25) is 5.02 Å². The van der Waals surface area contributed by atoms with Gasteiger partial charge in [0.1, 0.15) is 12.0 Å². The average Bonchev–Trinajstić information content (AvgIpc) is 3.13. The second-order valence-corrected chi connectivity index (χ2v) is 11.7. The molecule has 1 aromatic carbocycles. The van der Waals surface area contributed by atoms with Crippen LogP contribution in [0.25, 0.3) is 0 Å². The number of rotatable bonds is 3. The molecule has 4 aliphatic rings. The Bertz CT molecular complexity index is 1070. The third kappa shape index (κ3) is 5.96. The smallest absolute Gasteiger partial charge is 0.351 e. The van der Waals surface area contributed by atoms with Crippen molar-refractivity contribution in [2.45, 2.75) is 52.6 Å². The van der Waals surface area contributed by atoms with Gasteiger partial charge in [-0.3, -0.25) is 4.79 Å². The molecule has 2 aliphatic carbocycles. The fourth-order valence-electron chi connectivity index (χ4n) is 6.78. The summed E-state index contributed by atoms with van der Waals surface area (Å²) in [5.41, 5.74) is 4.36. The minimum atomic E-state index is -2.07. The van der Waals surface area contributed by atoms with Gasteiger partial charge in [-0.15, -0.1) is 0 Å². The van der Waals surface area contributed by atoms with E-state index in [0.29, 0.717) is 5.92 Å². The highest BCUT2D eigenvalue weighted by Crippen LogP contribution is 2.53. The number of carbonyl (C=O) groups excluding carboxylic acids is 2. The van der Waals surface area contributed by atoms with Gasteiger partial charge in [-0.2, -0.15) is 0 Å². The van der Waals surface area contributed by atoms with Crippen LogP contribution in [0.5, 0.6) is 0 Å². The highest BCUT2D eigenvalue weighted by Gasteiger charge is 2.52. The Morgan fingerprint density at radius 3 is 2.62 bits per heavy atom. The first-order valence-electron chi connectivity index (χ1n) is 13.2. The number of fused-ring (bicyclic) bond motifs is 2. The number of carbonyl (C=O) groups is 3. The number of nitrogens with zero attached hydrogens (tertiary/aromatic N) is 1. The average molecular weight is 533 g/mol. The Hall–Kier alpha value is -2.58. The molecule has 37 heavy (non-hydrogen) atoms. The number of nitrogens with one attached hydrogen (secondary N) is 1. The van der Waals surface area contributed by atoms with E-state index in [0.717, 1.165) is 44.2 Å². The molecular formula is C28H37ClN2O6. The van der Waals surface area contributed by atoms with Crippen LogP contribution in [0.3, 0.4) is 0 Å². The van der Waals surface area contributed by atoms with Gasteiger partial charge in [0, 0.05) is 16.6 Å². The Morgan fingerprint density at radius 2 is 1.97 bits per heavy atom. The number of quaternary nitrogens is 1. The number of aliphatic carboxylic acids is 2. The van der Waals surface area contributed by atoms with E-state index < -0.39 is 11.9 Å². The molecule has 1 saturated carbocycles. The lowest BCUT2D eigenvalue weighted by Crippen LogP contribution is -3.15. The number of piperazine rings is 1. The monoisotopic (exact) mass is 532 g/mol. The van der Waals surface area contributed by atoms with Crippen molar-refractivity contribution in [1.82, 2.24) is 0 Å². The van der Waals surface area contributed by atoms with Crippen molar-refractivity contribution in [2.24, 2.45) is 23.2 Å². The SMILES string of the molecule is Cc1ccc(Cl)cc1N1CC[NH+](CC2C(=O)OC3CC4(C)CCCC(C)C4=CC32)CC1.O=C([O-])C(=O)O. The maximum absolute atomic E-state index is 12.9. The summed E-state index contributed by atoms with van der Waals surface area (Å²) in [6.07, 6.45) is 7.42. The topological polar surface area (TPSA) is 111 Å². The number of hydrogen-bond donors (Lipinski definition) is 2. The van der Waals surface area contributed by atoms with Crippen LogP contribution in [0, 0.1) is 30.1 Å². The van der Waals surface area contributed by atoms with E-state index in [4.69, 9.17) is 36.1 Å². The van der Waals surface area contributed by atoms with E-state index in [1.165, 1.54) is 35.4 Å². The number of hydrogen-bond acceptors (Lipinski definition) is 6. The molecule has 0 spiro atoms. The summed E-state index contributed by atoms with van der Waals surface area (Å²) in [4.78, 5) is 34.9. The Labute approximate surface area is 223 Å². The standard InChI is InChI=1S/C26H35ClN2O2.C2H2O4/c1-17-5-4-8-26(3)15-24-20(14-22(17)26)21(25(30)31-24)16-28-9-11-29(12-10-28)23-13-19(27)7-6-18(23)2;3-1(4)2(5)6/h6-7,13-14,17,20-21,24H,4-5,8-12,15-16H2,1-3H3;(H,3,4)(H,5,6). The number of allylic oxidation sites excluding steroid dienone is 1. The van der Waals surface area contributed by atoms with Gasteiger partial charge in [0.15, 0.2) is 5.97 Å². The number of carboxylic acids is 2. The van der Waals surface area contributed by atoms with Crippen molar-refractivity contribution >= 4 is 35.2 Å². The first-order chi connectivity index (χ1) is 17.5. The second kappa shape index (κ2) is 11.0. The zero-order valence-corrected chi connectivity index (χ0v) is 22.6. The van der Waals surface area contributed by atoms with Crippen LogP contribution in [-0.4, -0.2) is 61.8 Å². The summed E-state index contributed by atoms with van der Waals surface area (Å²) < 4.78 is 5.97. The van der Waals surface area contributed by atoms with E-state index in [1.807, 2.05) is 6.07 Å². The fraction of sp³-hybridized carbons (Fsp3) is 0.607. The molecule has 0 bridgehead atoms. The largest absolute Gasteiger partial charge is 0.539 e. The molecule has 2 saturated heterocycles. The van der Waals surface area contributed by atoms with Crippen LogP contribution in [0.4, 0.5) is 5.69 Å². The molecule has 5 rings (SSSR count). The van der Waals surface area contributed by atoms with Gasteiger partial charge in [-0.1, -0.05) is 49.6 Å². The lowest BCUT2D eigenvalue weighted by molar-refractivity contribution is -0.903. The summed E-state index contributed by atoms with van der Waals surface area (Å²) in [5.74, 6) is -3.03. The number of carboxylic acid groups (broad SMARTS) is 2. The molecule has 202 valence electrons. The lowest BCUT2D eigenvalue weighted by atomic mass is 9.59. The molecule has 2 heterocycles. The van der Waals surface area contributed by atoms with E-state index in [-0.39, 0.29) is 29.3 Å². The fourth-order valence-corrected chi connectivity index (χ4v) is 6.95. The molecule has 0 aromatic heterocycles. The highest BCUT2D eigenvalue weighted by atomic mass is 35.5. The van der Waals surface area contributed by atoms with E-state index >= 15 is 0 Å². The van der Waals surface area contributed by atoms with E-state index in [2.05, 4.69) is 43.9 Å². The summed E-state index contributed by atoms with van der Waals surface area (Å²) in [6, 6.07) is 6.14. The molecule has 5 atom stereocenters. The first kappa shape index (κ1) is 27.5. The van der Waals surface area contributed by atoms with Gasteiger partial charge in [0.25, 0.3) is 0 Å². The van der Waals surface area contributed by atoms with E-state index in [9.17, 15) is 4.79 Å². The molecule has 8 nitrogen and oxygen atoms in total. The zero-order chi connectivity index (χ0) is 26.9. The number of halogens is 1. The van der Waals surface area contributed by atoms with Crippen molar-refractivity contribution in [3.05, 3.63) is 40.4 Å². The van der Waals surface area contributed by atoms with Crippen LogP contribution in [0.15, 0.2) is 29.8 Å². The van der Waals surface area contributed by atoms with Gasteiger partial charge < -0.3 is 29.5 Å². The molecule has 9 heteroatoms. The second-order valence-electron chi connectivity index (χ2n) is 11.3. The normalized spacial score (nSPS) is 31.3. The molecule has 5 unspecified atom stereocenters. The highest BCUT2D eigenvalue weighted by molar-refractivity contribution is 6.30. The molecular weight excluding hydrogens is 496 g/mol. The van der Waals surface area contributed by atoms with Crippen LogP contribution in [-0.2, 0) is 19.1 Å². The molecule has 0 radical (unpaired) electrons. The van der Waals surface area contributed by atoms with Gasteiger partial charge >= 0.3 is 11.9 Å². The summed E-state index contributed by atoms with van der Waals surface area (Å²) >= 11 is 6.24. The Kier molecular flexibility index (Phi) is 8.19. The lowest BCUT2D eigenvalue weighted by Gasteiger charge is -2.46. The van der Waals surface area contributed by atoms with Crippen molar-refractivity contribution in [2.75, 3.05) is 37.6 Å². The maximum Gasteiger partial charge on any atom is 0.351 e. The number of benzene rings is 1. The predicted octanol–water partition coefficient (Wildman–Crippen LogP) is 1.49. The maximum atomic E-state index is 12.9. The third-order valence-electron chi connectivity index (χ3n) is 8.75. The van der Waals surface area contributed by atoms with Gasteiger partial charge in [0.2, 0.25) is 0 Å². The zero-order valence-electron chi connectivity index (χ0n) is 21.8. The minimum Gasteiger partial charge on any atom is -0.539 e. The molecule has 3 fully saturated rings. The van der Waals surface area contributed by atoms with E-state index in [1.54, 1.807) is 5.57 Å². The van der Waals surface area contributed by atoms with Crippen molar-refractivity contribution < 1.29 is 34.2 Å². The quantitative estimate of drug-likeness (QED) is 0.344. The third-order valence-corrected chi connectivity index (χ3v) is 8.98. The van der Waals surface area contributed by atoms with Crippen LogP contribution in [0.1, 0.15) is 45.1 Å². The number of esters is 1. The number of aryl methyl sites for hydroxylation is 1. The summed E-state index contributed by atoms with van der Waals surface area (Å²) in [6.45, 7) is 11.9. The van der Waals surface area contributed by atoms with Crippen LogP contribution >= 0.6 is 11.6 Å². The van der Waals surface area contributed by atoms with Crippen molar-refractivity contribution in [3.63, 3.8) is 0 Å². The predicted molar refractivity (Wildman–Crippen MR) is 137 cm³/mol. The van der Waals surface area contributed by atoms with Gasteiger partial charge in [-0.05, 0) is 55.2 Å². The van der Waals surface area contributed by atoms with Crippen LogP contribution < -0.4 is 14.9 Å². The summed E-state index contributed by atoms with van der Waals surface area (Å²) in [7, 11) is 0. The molecule has 2 N–H and O–H groups in total. The van der Waals surface area contributed by atoms with Crippen molar-refractivity contribution in [1.29, 1.82) is 0 Å². The summed E-state index contributed by atoms with van der Waals surface area (Å²) in [5, 5.41) is 17.1. The van der Waals surface area contributed by atoms with Gasteiger partial charge in [-0.25, -0.2) is 4.79 Å². The minimum absolute atomic E-state index is 0.0191.